The highest BCUT2D eigenvalue weighted by atomic mass is 16.6. The summed E-state index contributed by atoms with van der Waals surface area (Å²) in [5, 5.41) is 3.45. The maximum absolute atomic E-state index is 12.7. The van der Waals surface area contributed by atoms with E-state index in [9.17, 15) is 4.79 Å². The monoisotopic (exact) mass is 390 g/mol. The molecule has 2 aliphatic heterocycles. The van der Waals surface area contributed by atoms with Crippen molar-refractivity contribution in [2.24, 2.45) is 5.92 Å². The van der Waals surface area contributed by atoms with Gasteiger partial charge in [0.2, 0.25) is 0 Å². The molecule has 0 aromatic heterocycles. The first-order valence-electron chi connectivity index (χ1n) is 10.2. The molecule has 2 saturated heterocycles. The van der Waals surface area contributed by atoms with Crippen molar-refractivity contribution in [2.75, 3.05) is 50.5 Å². The fourth-order valence-electron chi connectivity index (χ4n) is 4.13. The maximum Gasteiger partial charge on any atom is 0.410 e. The number of amides is 1. The lowest BCUT2D eigenvalue weighted by molar-refractivity contribution is 0.00257. The van der Waals surface area contributed by atoms with E-state index in [1.54, 1.807) is 7.11 Å². The number of anilines is 2. The third-order valence-corrected chi connectivity index (χ3v) is 5.58. The van der Waals surface area contributed by atoms with E-state index in [1.165, 1.54) is 0 Å². The van der Waals surface area contributed by atoms with E-state index in [1.807, 2.05) is 43.9 Å². The molecule has 1 amide bonds. The number of methoxy groups -OCH3 is 1. The number of piperazine rings is 1. The van der Waals surface area contributed by atoms with E-state index in [0.717, 1.165) is 44.7 Å². The SMILES string of the molecule is COc1cc(N2CCC(C3CNCCN3C(=O)OC(C)(C)C)CC2)ccc1N. The maximum atomic E-state index is 12.7. The first-order chi connectivity index (χ1) is 13.3. The molecule has 1 aromatic carbocycles. The first-order valence-corrected chi connectivity index (χ1v) is 10.2. The van der Waals surface area contributed by atoms with Gasteiger partial charge in [-0.25, -0.2) is 4.79 Å². The van der Waals surface area contributed by atoms with Crippen molar-refractivity contribution in [1.82, 2.24) is 10.2 Å². The average molecular weight is 391 g/mol. The van der Waals surface area contributed by atoms with Crippen molar-refractivity contribution in [3.05, 3.63) is 18.2 Å². The lowest BCUT2D eigenvalue weighted by Crippen LogP contribution is -2.58. The predicted molar refractivity (Wildman–Crippen MR) is 112 cm³/mol. The van der Waals surface area contributed by atoms with E-state index in [-0.39, 0.29) is 12.1 Å². The molecule has 2 heterocycles. The summed E-state index contributed by atoms with van der Waals surface area (Å²) in [6.07, 6.45) is 1.89. The molecule has 0 aliphatic carbocycles. The number of nitrogens with two attached hydrogens (primary N) is 1. The van der Waals surface area contributed by atoms with Crippen LogP contribution in [0.2, 0.25) is 0 Å². The van der Waals surface area contributed by atoms with Crippen LogP contribution in [0.15, 0.2) is 18.2 Å². The molecule has 1 atom stereocenters. The van der Waals surface area contributed by atoms with Crippen molar-refractivity contribution in [2.45, 2.75) is 45.3 Å². The van der Waals surface area contributed by atoms with Gasteiger partial charge in [-0.05, 0) is 51.7 Å². The van der Waals surface area contributed by atoms with Crippen molar-refractivity contribution in [3.8, 4) is 5.75 Å². The Hall–Kier alpha value is -2.15. The Labute approximate surface area is 168 Å². The molecule has 156 valence electrons. The van der Waals surface area contributed by atoms with Gasteiger partial charge in [0.25, 0.3) is 0 Å². The Morgan fingerprint density at radius 2 is 1.93 bits per heavy atom. The van der Waals surface area contributed by atoms with Crippen LogP contribution in [0.5, 0.6) is 5.75 Å². The molecule has 3 rings (SSSR count). The molecule has 0 bridgehead atoms. The standard InChI is InChI=1S/C21H34N4O3/c1-21(2,3)28-20(26)25-12-9-23-14-18(25)15-7-10-24(11-8-15)16-5-6-17(22)19(13-16)27-4/h5-6,13,15,18,23H,7-12,14,22H2,1-4H3. The summed E-state index contributed by atoms with van der Waals surface area (Å²) in [7, 11) is 1.64. The largest absolute Gasteiger partial charge is 0.495 e. The number of nitrogens with zero attached hydrogens (tertiary/aromatic N) is 2. The van der Waals surface area contributed by atoms with Crippen LogP contribution >= 0.6 is 0 Å². The van der Waals surface area contributed by atoms with Crippen LogP contribution in [0.1, 0.15) is 33.6 Å². The van der Waals surface area contributed by atoms with E-state index in [2.05, 4.69) is 10.2 Å². The molecule has 3 N–H and O–H groups in total. The highest BCUT2D eigenvalue weighted by Crippen LogP contribution is 2.32. The first kappa shape index (κ1) is 20.6. The Bertz CT molecular complexity index is 681. The molecule has 7 nitrogen and oxygen atoms in total. The second-order valence-corrected chi connectivity index (χ2v) is 8.70. The molecule has 0 radical (unpaired) electrons. The zero-order valence-electron chi connectivity index (χ0n) is 17.5. The smallest absolute Gasteiger partial charge is 0.410 e. The van der Waals surface area contributed by atoms with Crippen molar-refractivity contribution in [3.63, 3.8) is 0 Å². The van der Waals surface area contributed by atoms with Gasteiger partial charge in [-0.2, -0.15) is 0 Å². The molecule has 7 heteroatoms. The quantitative estimate of drug-likeness (QED) is 0.773. The van der Waals surface area contributed by atoms with Gasteiger partial charge >= 0.3 is 6.09 Å². The molecule has 28 heavy (non-hydrogen) atoms. The predicted octanol–water partition coefficient (Wildman–Crippen LogP) is 2.70. The third-order valence-electron chi connectivity index (χ3n) is 5.58. The molecule has 1 unspecified atom stereocenters. The second kappa shape index (κ2) is 8.47. The minimum absolute atomic E-state index is 0.187. The summed E-state index contributed by atoms with van der Waals surface area (Å²) in [4.78, 5) is 17.0. The molecular weight excluding hydrogens is 356 g/mol. The van der Waals surface area contributed by atoms with Gasteiger partial charge in [-0.3, -0.25) is 0 Å². The number of nitrogens with one attached hydrogen (secondary N) is 1. The number of benzene rings is 1. The summed E-state index contributed by atoms with van der Waals surface area (Å²) in [6.45, 7) is 10.0. The summed E-state index contributed by atoms with van der Waals surface area (Å²) < 4.78 is 11.0. The van der Waals surface area contributed by atoms with Crippen molar-refractivity contribution >= 4 is 17.5 Å². The number of ether oxygens (including phenoxy) is 2. The normalized spacial score (nSPS) is 21.5. The molecule has 2 fully saturated rings. The van der Waals surface area contributed by atoms with Crippen LogP contribution in [0, 0.1) is 5.92 Å². The Kier molecular flexibility index (Phi) is 6.23. The van der Waals surface area contributed by atoms with Crippen LogP contribution < -0.4 is 20.7 Å². The summed E-state index contributed by atoms with van der Waals surface area (Å²) in [6, 6.07) is 6.14. The number of piperidine rings is 1. The average Bonchev–Trinajstić information content (AvgIpc) is 2.67. The second-order valence-electron chi connectivity index (χ2n) is 8.70. The molecule has 0 spiro atoms. The molecule has 0 saturated carbocycles. The Morgan fingerprint density at radius 1 is 1.21 bits per heavy atom. The summed E-state index contributed by atoms with van der Waals surface area (Å²) >= 11 is 0. The van der Waals surface area contributed by atoms with Crippen LogP contribution in [0.3, 0.4) is 0 Å². The van der Waals surface area contributed by atoms with Crippen LogP contribution in [-0.4, -0.2) is 62.5 Å². The van der Waals surface area contributed by atoms with Crippen LogP contribution in [0.25, 0.3) is 0 Å². The Balaban J connectivity index is 1.63. The van der Waals surface area contributed by atoms with Crippen LogP contribution in [-0.2, 0) is 4.74 Å². The van der Waals surface area contributed by atoms with Gasteiger partial charge in [-0.15, -0.1) is 0 Å². The van der Waals surface area contributed by atoms with E-state index in [4.69, 9.17) is 15.2 Å². The number of carbonyl (C=O) groups is 1. The zero-order chi connectivity index (χ0) is 20.3. The van der Waals surface area contributed by atoms with E-state index >= 15 is 0 Å². The number of hydrogen-bond donors (Lipinski definition) is 2. The fourth-order valence-corrected chi connectivity index (χ4v) is 4.13. The highest BCUT2D eigenvalue weighted by molar-refractivity contribution is 5.69. The van der Waals surface area contributed by atoms with Gasteiger partial charge in [0.1, 0.15) is 11.4 Å². The number of carbonyl (C=O) groups excluding carboxylic acids is 1. The zero-order valence-corrected chi connectivity index (χ0v) is 17.5. The van der Waals surface area contributed by atoms with Gasteiger partial charge < -0.3 is 30.3 Å². The van der Waals surface area contributed by atoms with Crippen LogP contribution in [0.4, 0.5) is 16.2 Å². The molecule has 1 aromatic rings. The van der Waals surface area contributed by atoms with E-state index in [0.29, 0.717) is 23.9 Å². The van der Waals surface area contributed by atoms with Gasteiger partial charge in [0, 0.05) is 44.5 Å². The number of hydrogen-bond acceptors (Lipinski definition) is 6. The lowest BCUT2D eigenvalue weighted by atomic mass is 9.87. The van der Waals surface area contributed by atoms with Gasteiger partial charge in [0.05, 0.1) is 18.8 Å². The lowest BCUT2D eigenvalue weighted by Gasteiger charge is -2.44. The van der Waals surface area contributed by atoms with Gasteiger partial charge in [0.15, 0.2) is 0 Å². The summed E-state index contributed by atoms with van der Waals surface area (Å²) in [5.41, 5.74) is 7.26. The topological polar surface area (TPSA) is 80.1 Å². The third kappa shape index (κ3) is 4.82. The Morgan fingerprint density at radius 3 is 2.57 bits per heavy atom. The molecule has 2 aliphatic rings. The van der Waals surface area contributed by atoms with Crippen molar-refractivity contribution < 1.29 is 14.3 Å². The van der Waals surface area contributed by atoms with E-state index < -0.39 is 5.60 Å². The minimum atomic E-state index is -0.468. The fraction of sp³-hybridized carbons (Fsp3) is 0.667. The van der Waals surface area contributed by atoms with Gasteiger partial charge in [-0.1, -0.05) is 0 Å². The minimum Gasteiger partial charge on any atom is -0.495 e. The highest BCUT2D eigenvalue weighted by Gasteiger charge is 2.36. The molecular formula is C21H34N4O3. The number of nitrogen functional groups attached to an aromatic ring is 1. The summed E-state index contributed by atoms with van der Waals surface area (Å²) in [5.74, 6) is 1.18. The van der Waals surface area contributed by atoms with Crippen molar-refractivity contribution in [1.29, 1.82) is 0 Å². The number of rotatable bonds is 3.